The molecule has 3 fully saturated rings. The fraction of sp³-hybridized carbons (Fsp3) is 0.605. The SMILES string of the molecule is C[C@H]1CCC(c2ccc3sc(CCN4CCOCC4)nc3c2)=NC1.C[C@H]1CC[C@H](c2ccc3sc(CCN4CCOCC4)nc3c2)NC1.[B].[H-].[Na+]. The minimum atomic E-state index is 0. The van der Waals surface area contributed by atoms with Gasteiger partial charge in [0.25, 0.3) is 0 Å². The monoisotopic (exact) mass is 723 g/mol. The Morgan fingerprint density at radius 2 is 1.38 bits per heavy atom. The number of rotatable bonds is 8. The Morgan fingerprint density at radius 1 is 0.780 bits per heavy atom. The van der Waals surface area contributed by atoms with Crippen molar-refractivity contribution in [3.05, 3.63) is 57.5 Å². The maximum atomic E-state index is 5.42. The average molecular weight is 724 g/mol. The number of nitrogens with one attached hydrogen (secondary N) is 1. The molecule has 6 heterocycles. The molecule has 0 saturated carbocycles. The van der Waals surface area contributed by atoms with Crippen LogP contribution in [-0.4, -0.2) is 113 Å². The third-order valence-corrected chi connectivity index (χ3v) is 12.4. The Kier molecular flexibility index (Phi) is 15.8. The molecule has 1 N–H and O–H groups in total. The summed E-state index contributed by atoms with van der Waals surface area (Å²) < 4.78 is 13.4. The third kappa shape index (κ3) is 10.9. The maximum absolute atomic E-state index is 5.42. The number of benzene rings is 2. The van der Waals surface area contributed by atoms with Gasteiger partial charge < -0.3 is 16.2 Å². The van der Waals surface area contributed by atoms with Crippen LogP contribution in [0.4, 0.5) is 0 Å². The second-order valence-corrected chi connectivity index (χ2v) is 16.3. The molecule has 3 radical (unpaired) electrons. The topological polar surface area (TPSA) is 75.1 Å². The number of ether oxygens (including phenoxy) is 2. The summed E-state index contributed by atoms with van der Waals surface area (Å²) >= 11 is 3.68. The van der Waals surface area contributed by atoms with E-state index in [4.69, 9.17) is 24.4 Å². The van der Waals surface area contributed by atoms with Crippen molar-refractivity contribution in [1.29, 1.82) is 0 Å². The molecule has 2 aromatic heterocycles. The normalized spacial score (nSPS) is 23.4. The standard InChI is InChI=1S/C19H27N3OS.C19H25N3OS.B.Na.H/c2*1-14-2-4-16(20-13-14)15-3-5-18-17(12-15)21-19(24-18)6-7-22-8-10-23-11-9-22;;;/h3,5,12,14,16,20H,2,4,6-11,13H2,1H3;3,5,12,14H,2,4,6-11,13H2,1H3;;;/q;;;+1;-1/t14-,16+;14-;;;/m00.../s1. The molecule has 4 aliphatic rings. The maximum Gasteiger partial charge on any atom is 1.00 e. The number of hydrogen-bond acceptors (Lipinski definition) is 10. The molecule has 2 aromatic carbocycles. The molecule has 0 spiro atoms. The Balaban J connectivity index is 0.000000216. The molecule has 4 aliphatic heterocycles. The number of hydrogen-bond donors (Lipinski definition) is 1. The van der Waals surface area contributed by atoms with Gasteiger partial charge in [-0.1, -0.05) is 26.0 Å². The molecule has 3 saturated heterocycles. The van der Waals surface area contributed by atoms with E-state index in [0.717, 1.165) is 115 Å². The Bertz CT molecular complexity index is 1670. The molecule has 0 aliphatic carbocycles. The van der Waals surface area contributed by atoms with E-state index in [1.165, 1.54) is 61.0 Å². The molecule has 8 nitrogen and oxygen atoms in total. The first-order valence-corrected chi connectivity index (χ1v) is 19.8. The fourth-order valence-corrected chi connectivity index (χ4v) is 8.95. The largest absolute Gasteiger partial charge is 1.00 e. The van der Waals surface area contributed by atoms with E-state index in [1.54, 1.807) is 0 Å². The van der Waals surface area contributed by atoms with E-state index in [-0.39, 0.29) is 39.4 Å². The number of morpholine rings is 2. The van der Waals surface area contributed by atoms with Gasteiger partial charge in [0.2, 0.25) is 0 Å². The zero-order chi connectivity index (χ0) is 32.7. The fourth-order valence-electron chi connectivity index (χ4n) is 7.07. The summed E-state index contributed by atoms with van der Waals surface area (Å²) in [5, 5.41) is 6.19. The predicted molar refractivity (Wildman–Crippen MR) is 207 cm³/mol. The first-order valence-electron chi connectivity index (χ1n) is 18.2. The van der Waals surface area contributed by atoms with Crippen molar-refractivity contribution < 1.29 is 40.5 Å². The van der Waals surface area contributed by atoms with E-state index >= 15 is 0 Å². The van der Waals surface area contributed by atoms with Gasteiger partial charge >= 0.3 is 29.6 Å². The van der Waals surface area contributed by atoms with Crippen LogP contribution in [0.15, 0.2) is 41.4 Å². The number of aromatic nitrogens is 2. The van der Waals surface area contributed by atoms with Gasteiger partial charge in [0.05, 0.1) is 56.9 Å². The number of aliphatic imine (C=N–C) groups is 1. The summed E-state index contributed by atoms with van der Waals surface area (Å²) in [7, 11) is 0. The van der Waals surface area contributed by atoms with Crippen molar-refractivity contribution in [2.45, 2.75) is 58.4 Å². The minimum absolute atomic E-state index is 0. The molecule has 0 bridgehead atoms. The van der Waals surface area contributed by atoms with E-state index < -0.39 is 0 Å². The van der Waals surface area contributed by atoms with Gasteiger partial charge in [-0.2, -0.15) is 0 Å². The van der Waals surface area contributed by atoms with Crippen LogP contribution in [0.5, 0.6) is 0 Å². The molecule has 3 atom stereocenters. The van der Waals surface area contributed by atoms with Gasteiger partial charge in [-0.3, -0.25) is 14.8 Å². The first-order chi connectivity index (χ1) is 23.6. The second kappa shape index (κ2) is 19.7. The van der Waals surface area contributed by atoms with E-state index in [2.05, 4.69) is 65.4 Å². The summed E-state index contributed by atoms with van der Waals surface area (Å²) in [6.45, 7) is 16.6. The zero-order valence-electron chi connectivity index (χ0n) is 31.4. The molecular weight excluding hydrogens is 670 g/mol. The molecule has 8 rings (SSSR count). The second-order valence-electron chi connectivity index (χ2n) is 14.1. The Labute approximate surface area is 332 Å². The van der Waals surface area contributed by atoms with E-state index in [9.17, 15) is 0 Å². The first kappa shape index (κ1) is 40.0. The van der Waals surface area contributed by atoms with Crippen molar-refractivity contribution >= 4 is 57.2 Å². The van der Waals surface area contributed by atoms with Crippen LogP contribution in [0, 0.1) is 11.8 Å². The van der Waals surface area contributed by atoms with Crippen LogP contribution in [-0.2, 0) is 22.3 Å². The Hall–Kier alpha value is -1.25. The van der Waals surface area contributed by atoms with Crippen molar-refractivity contribution in [3.63, 3.8) is 0 Å². The van der Waals surface area contributed by atoms with Crippen LogP contribution >= 0.6 is 22.7 Å². The van der Waals surface area contributed by atoms with Gasteiger partial charge in [-0.05, 0) is 79.5 Å². The van der Waals surface area contributed by atoms with E-state index in [1.807, 2.05) is 22.7 Å². The van der Waals surface area contributed by atoms with Crippen molar-refractivity contribution in [2.75, 3.05) is 78.8 Å². The molecule has 50 heavy (non-hydrogen) atoms. The zero-order valence-corrected chi connectivity index (χ0v) is 34.0. The quantitative estimate of drug-likeness (QED) is 0.280. The molecule has 0 unspecified atom stereocenters. The van der Waals surface area contributed by atoms with Gasteiger partial charge in [0.15, 0.2) is 0 Å². The Morgan fingerprint density at radius 3 is 1.94 bits per heavy atom. The van der Waals surface area contributed by atoms with Crippen LogP contribution in [0.3, 0.4) is 0 Å². The third-order valence-electron chi connectivity index (χ3n) is 10.2. The summed E-state index contributed by atoms with van der Waals surface area (Å²) in [6, 6.07) is 14.0. The minimum Gasteiger partial charge on any atom is -1.00 e. The van der Waals surface area contributed by atoms with Gasteiger partial charge in [-0.25, -0.2) is 9.97 Å². The number of fused-ring (bicyclic) bond motifs is 2. The molecule has 12 heteroatoms. The molecule has 4 aromatic rings. The summed E-state index contributed by atoms with van der Waals surface area (Å²) in [5.41, 5.74) is 6.24. The predicted octanol–water partition coefficient (Wildman–Crippen LogP) is 3.36. The average Bonchev–Trinajstić information content (AvgIpc) is 3.74. The van der Waals surface area contributed by atoms with Crippen LogP contribution in [0.25, 0.3) is 20.4 Å². The smallest absolute Gasteiger partial charge is 1.00 e. The number of piperidine rings is 1. The van der Waals surface area contributed by atoms with Crippen LogP contribution < -0.4 is 34.9 Å². The summed E-state index contributed by atoms with van der Waals surface area (Å²) in [5.74, 6) is 1.53. The van der Waals surface area contributed by atoms with Gasteiger partial charge in [0.1, 0.15) is 0 Å². The van der Waals surface area contributed by atoms with Crippen molar-refractivity contribution in [2.24, 2.45) is 16.8 Å². The van der Waals surface area contributed by atoms with Crippen LogP contribution in [0.2, 0.25) is 0 Å². The van der Waals surface area contributed by atoms with Crippen LogP contribution in [0.1, 0.15) is 68.1 Å². The number of nitrogens with zero attached hydrogens (tertiary/aromatic N) is 5. The van der Waals surface area contributed by atoms with Crippen molar-refractivity contribution in [3.8, 4) is 0 Å². The molecular formula is C38H53BN6NaO2S2. The summed E-state index contributed by atoms with van der Waals surface area (Å²) in [4.78, 5) is 19.5. The van der Waals surface area contributed by atoms with E-state index in [0.29, 0.717) is 6.04 Å². The number of thiazole rings is 2. The van der Waals surface area contributed by atoms with Crippen molar-refractivity contribution in [1.82, 2.24) is 25.1 Å². The molecule has 0 amide bonds. The van der Waals surface area contributed by atoms with Gasteiger partial charge in [-0.15, -0.1) is 22.7 Å². The molecule has 263 valence electrons. The summed E-state index contributed by atoms with van der Waals surface area (Å²) in [6.07, 6.45) is 6.98. The van der Waals surface area contributed by atoms with Gasteiger partial charge in [0, 0.05) is 78.8 Å².